The Labute approximate surface area is 138 Å². The molecule has 120 valence electrons. The van der Waals surface area contributed by atoms with Gasteiger partial charge in [-0.05, 0) is 34.9 Å². The minimum absolute atomic E-state index is 0.124. The molecule has 0 saturated carbocycles. The van der Waals surface area contributed by atoms with Gasteiger partial charge in [0.25, 0.3) is 5.91 Å². The van der Waals surface area contributed by atoms with Crippen LogP contribution in [0.4, 0.5) is 8.78 Å². The zero-order valence-electron chi connectivity index (χ0n) is 12.8. The SMILES string of the molecule is O=C(NCc1ccc(F)c(F)c1)c1ccccc1-c1ccccc1. The fourth-order valence-electron chi connectivity index (χ4n) is 2.48. The minimum Gasteiger partial charge on any atom is -0.348 e. The molecule has 3 aromatic rings. The number of carbonyl (C=O) groups is 1. The lowest BCUT2D eigenvalue weighted by atomic mass is 9.99. The van der Waals surface area contributed by atoms with Crippen LogP contribution in [0.1, 0.15) is 15.9 Å². The van der Waals surface area contributed by atoms with Crippen LogP contribution in [-0.2, 0) is 6.54 Å². The Morgan fingerprint density at radius 1 is 0.833 bits per heavy atom. The summed E-state index contributed by atoms with van der Waals surface area (Å²) < 4.78 is 26.2. The first kappa shape index (κ1) is 15.9. The maximum Gasteiger partial charge on any atom is 0.252 e. The van der Waals surface area contributed by atoms with E-state index >= 15 is 0 Å². The normalized spacial score (nSPS) is 10.4. The standard InChI is InChI=1S/C20H15F2NO/c21-18-11-10-14(12-19(18)22)13-23-20(24)17-9-5-4-8-16(17)15-6-2-1-3-7-15/h1-12H,13H2,(H,23,24). The molecular formula is C20H15F2NO. The molecule has 4 heteroatoms. The van der Waals surface area contributed by atoms with Gasteiger partial charge in [0, 0.05) is 12.1 Å². The molecule has 3 rings (SSSR count). The summed E-state index contributed by atoms with van der Waals surface area (Å²) in [6.45, 7) is 0.124. The number of hydrogen-bond acceptors (Lipinski definition) is 1. The van der Waals surface area contributed by atoms with E-state index in [2.05, 4.69) is 5.32 Å². The van der Waals surface area contributed by atoms with Crippen LogP contribution in [0.3, 0.4) is 0 Å². The first-order valence-corrected chi connectivity index (χ1v) is 7.52. The summed E-state index contributed by atoms with van der Waals surface area (Å²) in [7, 11) is 0. The zero-order chi connectivity index (χ0) is 16.9. The number of carbonyl (C=O) groups excluding carboxylic acids is 1. The van der Waals surface area contributed by atoms with E-state index < -0.39 is 11.6 Å². The van der Waals surface area contributed by atoms with Crippen molar-refractivity contribution in [2.75, 3.05) is 0 Å². The summed E-state index contributed by atoms with van der Waals surface area (Å²) in [4.78, 5) is 12.5. The predicted molar refractivity (Wildman–Crippen MR) is 89.4 cm³/mol. The van der Waals surface area contributed by atoms with Crippen LogP contribution in [0.15, 0.2) is 72.8 Å². The van der Waals surface area contributed by atoms with Gasteiger partial charge in [-0.15, -0.1) is 0 Å². The van der Waals surface area contributed by atoms with E-state index in [1.807, 2.05) is 42.5 Å². The fraction of sp³-hybridized carbons (Fsp3) is 0.0500. The summed E-state index contributed by atoms with van der Waals surface area (Å²) in [5.74, 6) is -2.09. The summed E-state index contributed by atoms with van der Waals surface area (Å²) in [6.07, 6.45) is 0. The number of rotatable bonds is 4. The Morgan fingerprint density at radius 2 is 1.54 bits per heavy atom. The smallest absolute Gasteiger partial charge is 0.252 e. The van der Waals surface area contributed by atoms with Crippen molar-refractivity contribution in [1.82, 2.24) is 5.32 Å². The quantitative estimate of drug-likeness (QED) is 0.749. The molecule has 2 nitrogen and oxygen atoms in total. The maximum atomic E-state index is 13.2. The summed E-state index contributed by atoms with van der Waals surface area (Å²) >= 11 is 0. The fourth-order valence-corrected chi connectivity index (χ4v) is 2.48. The Kier molecular flexibility index (Phi) is 4.66. The van der Waals surface area contributed by atoms with Gasteiger partial charge >= 0.3 is 0 Å². The van der Waals surface area contributed by atoms with Crippen LogP contribution in [0, 0.1) is 11.6 Å². The van der Waals surface area contributed by atoms with Crippen LogP contribution < -0.4 is 5.32 Å². The summed E-state index contributed by atoms with van der Waals surface area (Å²) in [5.41, 5.74) is 2.79. The predicted octanol–water partition coefficient (Wildman–Crippen LogP) is 4.56. The topological polar surface area (TPSA) is 29.1 Å². The Bertz CT molecular complexity index is 863. The molecule has 0 aliphatic heterocycles. The van der Waals surface area contributed by atoms with Gasteiger partial charge < -0.3 is 5.32 Å². The van der Waals surface area contributed by atoms with Gasteiger partial charge in [-0.25, -0.2) is 8.78 Å². The summed E-state index contributed by atoms with van der Waals surface area (Å²) in [6, 6.07) is 20.4. The molecule has 0 atom stereocenters. The molecule has 1 amide bonds. The third-order valence-electron chi connectivity index (χ3n) is 3.69. The van der Waals surface area contributed by atoms with Crippen LogP contribution in [0.2, 0.25) is 0 Å². The number of halogens is 2. The highest BCUT2D eigenvalue weighted by molar-refractivity contribution is 6.00. The second-order valence-corrected chi connectivity index (χ2v) is 5.34. The average Bonchev–Trinajstić information content (AvgIpc) is 2.63. The van der Waals surface area contributed by atoms with E-state index in [4.69, 9.17) is 0 Å². The van der Waals surface area contributed by atoms with Gasteiger partial charge in [0.2, 0.25) is 0 Å². The van der Waals surface area contributed by atoms with E-state index in [1.165, 1.54) is 6.07 Å². The average molecular weight is 323 g/mol. The number of amides is 1. The highest BCUT2D eigenvalue weighted by atomic mass is 19.2. The van der Waals surface area contributed by atoms with Crippen molar-refractivity contribution in [2.45, 2.75) is 6.54 Å². The Hall–Kier alpha value is -3.01. The second kappa shape index (κ2) is 7.04. The van der Waals surface area contributed by atoms with E-state index in [-0.39, 0.29) is 12.5 Å². The third-order valence-corrected chi connectivity index (χ3v) is 3.69. The van der Waals surface area contributed by atoms with E-state index in [9.17, 15) is 13.6 Å². The van der Waals surface area contributed by atoms with Crippen molar-refractivity contribution in [3.63, 3.8) is 0 Å². The number of nitrogens with one attached hydrogen (secondary N) is 1. The van der Waals surface area contributed by atoms with Crippen molar-refractivity contribution in [3.8, 4) is 11.1 Å². The zero-order valence-corrected chi connectivity index (χ0v) is 12.8. The van der Waals surface area contributed by atoms with Crippen LogP contribution in [0.25, 0.3) is 11.1 Å². The molecule has 0 saturated heterocycles. The van der Waals surface area contributed by atoms with Gasteiger partial charge in [-0.3, -0.25) is 4.79 Å². The van der Waals surface area contributed by atoms with Gasteiger partial charge in [0.15, 0.2) is 11.6 Å². The van der Waals surface area contributed by atoms with Crippen molar-refractivity contribution >= 4 is 5.91 Å². The first-order chi connectivity index (χ1) is 11.6. The molecule has 0 fully saturated rings. The highest BCUT2D eigenvalue weighted by Crippen LogP contribution is 2.23. The van der Waals surface area contributed by atoms with Gasteiger partial charge in [0.1, 0.15) is 0 Å². The molecule has 1 N–H and O–H groups in total. The third kappa shape index (κ3) is 3.49. The monoisotopic (exact) mass is 323 g/mol. The van der Waals surface area contributed by atoms with Crippen molar-refractivity contribution < 1.29 is 13.6 Å². The van der Waals surface area contributed by atoms with Crippen LogP contribution in [0.5, 0.6) is 0 Å². The molecule has 0 bridgehead atoms. The molecule has 3 aromatic carbocycles. The number of hydrogen-bond donors (Lipinski definition) is 1. The van der Waals surface area contributed by atoms with E-state index in [1.54, 1.807) is 12.1 Å². The van der Waals surface area contributed by atoms with E-state index in [0.29, 0.717) is 11.1 Å². The largest absolute Gasteiger partial charge is 0.348 e. The maximum absolute atomic E-state index is 13.2. The molecule has 24 heavy (non-hydrogen) atoms. The molecule has 0 aliphatic carbocycles. The van der Waals surface area contributed by atoms with Gasteiger partial charge in [0.05, 0.1) is 0 Å². The molecule has 0 aromatic heterocycles. The molecule has 0 heterocycles. The van der Waals surface area contributed by atoms with Crippen molar-refractivity contribution in [2.24, 2.45) is 0 Å². The highest BCUT2D eigenvalue weighted by Gasteiger charge is 2.12. The van der Waals surface area contributed by atoms with Gasteiger partial charge in [-0.2, -0.15) is 0 Å². The molecule has 0 unspecified atom stereocenters. The Balaban J connectivity index is 1.79. The summed E-state index contributed by atoms with van der Waals surface area (Å²) in [5, 5.41) is 2.74. The molecule has 0 radical (unpaired) electrons. The molecular weight excluding hydrogens is 308 g/mol. The minimum atomic E-state index is -0.925. The number of benzene rings is 3. The lowest BCUT2D eigenvalue weighted by molar-refractivity contribution is 0.0951. The molecule has 0 spiro atoms. The first-order valence-electron chi connectivity index (χ1n) is 7.52. The van der Waals surface area contributed by atoms with Crippen molar-refractivity contribution in [1.29, 1.82) is 0 Å². The van der Waals surface area contributed by atoms with Crippen molar-refractivity contribution in [3.05, 3.63) is 95.6 Å². The lowest BCUT2D eigenvalue weighted by Gasteiger charge is -2.10. The van der Waals surface area contributed by atoms with E-state index in [0.717, 1.165) is 23.3 Å². The molecule has 0 aliphatic rings. The van der Waals surface area contributed by atoms with Crippen LogP contribution >= 0.6 is 0 Å². The second-order valence-electron chi connectivity index (χ2n) is 5.34. The lowest BCUT2D eigenvalue weighted by Crippen LogP contribution is -2.23. The van der Waals surface area contributed by atoms with Crippen LogP contribution in [-0.4, -0.2) is 5.91 Å². The van der Waals surface area contributed by atoms with Gasteiger partial charge in [-0.1, -0.05) is 54.6 Å². The Morgan fingerprint density at radius 3 is 2.29 bits per heavy atom.